The molecule has 0 aromatic heterocycles. The molecule has 0 spiro atoms. The van der Waals surface area contributed by atoms with E-state index in [1.807, 2.05) is 6.07 Å². The molecule has 0 heterocycles. The second-order valence-corrected chi connectivity index (χ2v) is 6.95. The summed E-state index contributed by atoms with van der Waals surface area (Å²) in [6.45, 7) is 0.597. The zero-order valence-electron chi connectivity index (χ0n) is 13.7. The van der Waals surface area contributed by atoms with E-state index < -0.39 is 0 Å². The maximum absolute atomic E-state index is 13.4. The minimum atomic E-state index is -0.188. The summed E-state index contributed by atoms with van der Waals surface area (Å²) < 4.78 is 13.4. The first-order chi connectivity index (χ1) is 11.6. The number of fused-ring (bicyclic) bond motifs is 1. The van der Waals surface area contributed by atoms with Crippen molar-refractivity contribution in [2.24, 2.45) is 10.7 Å². The number of nitrogens with zero attached hydrogens (tertiary/aromatic N) is 1. The molecule has 2 aromatic rings. The maximum Gasteiger partial charge on any atom is 0.193 e. The summed E-state index contributed by atoms with van der Waals surface area (Å²) in [5.41, 5.74) is 10.9. The first-order valence-corrected chi connectivity index (χ1v) is 8.59. The summed E-state index contributed by atoms with van der Waals surface area (Å²) in [5, 5.41) is 3.19. The lowest BCUT2D eigenvalue weighted by atomic mass is 9.96. The van der Waals surface area contributed by atoms with Crippen LogP contribution in [0.2, 0.25) is 0 Å². The number of hydrogen-bond acceptors (Lipinski definition) is 1. The fourth-order valence-electron chi connectivity index (χ4n) is 3.58. The summed E-state index contributed by atoms with van der Waals surface area (Å²) in [7, 11) is 0. The number of benzene rings is 2. The number of aryl methyl sites for hydroxylation is 2. The highest BCUT2D eigenvalue weighted by Gasteiger charge is 2.44. The number of nitrogens with two attached hydrogens (primary N) is 1. The molecule has 0 amide bonds. The highest BCUT2D eigenvalue weighted by Crippen LogP contribution is 2.48. The Labute approximate surface area is 141 Å². The van der Waals surface area contributed by atoms with Crippen LogP contribution in [-0.2, 0) is 18.3 Å². The molecule has 0 aliphatic heterocycles. The lowest BCUT2D eigenvalue weighted by molar-refractivity contribution is 0.616. The predicted octanol–water partition coefficient (Wildman–Crippen LogP) is 3.77. The fourth-order valence-corrected chi connectivity index (χ4v) is 3.58. The molecule has 3 nitrogen and oxygen atoms in total. The fraction of sp³-hybridized carbons (Fsp3) is 0.350. The number of aliphatic imine (C=N–C) groups is 1. The number of anilines is 1. The quantitative estimate of drug-likeness (QED) is 0.665. The van der Waals surface area contributed by atoms with E-state index in [1.54, 1.807) is 12.1 Å². The molecule has 1 saturated carbocycles. The van der Waals surface area contributed by atoms with Gasteiger partial charge >= 0.3 is 0 Å². The van der Waals surface area contributed by atoms with Gasteiger partial charge in [0.05, 0.1) is 6.54 Å². The average Bonchev–Trinajstić information content (AvgIpc) is 3.23. The van der Waals surface area contributed by atoms with Gasteiger partial charge in [0.15, 0.2) is 5.96 Å². The summed E-state index contributed by atoms with van der Waals surface area (Å²) in [6, 6.07) is 13.2. The van der Waals surface area contributed by atoms with Gasteiger partial charge in [0.2, 0.25) is 0 Å². The van der Waals surface area contributed by atoms with Crippen molar-refractivity contribution in [1.29, 1.82) is 0 Å². The molecular weight excluding hydrogens is 301 g/mol. The molecule has 2 aliphatic carbocycles. The Morgan fingerprint density at radius 3 is 2.75 bits per heavy atom. The van der Waals surface area contributed by atoms with E-state index in [2.05, 4.69) is 28.5 Å². The monoisotopic (exact) mass is 323 g/mol. The van der Waals surface area contributed by atoms with Crippen molar-refractivity contribution in [3.8, 4) is 0 Å². The molecule has 1 fully saturated rings. The second-order valence-electron chi connectivity index (χ2n) is 6.95. The minimum Gasteiger partial charge on any atom is -0.370 e. The Bertz CT molecular complexity index is 793. The van der Waals surface area contributed by atoms with Crippen LogP contribution in [0.5, 0.6) is 0 Å². The van der Waals surface area contributed by atoms with Crippen LogP contribution in [0, 0.1) is 5.82 Å². The van der Waals surface area contributed by atoms with Crippen molar-refractivity contribution in [2.75, 3.05) is 11.9 Å². The van der Waals surface area contributed by atoms with Gasteiger partial charge in [-0.05, 0) is 73.1 Å². The van der Waals surface area contributed by atoms with Gasteiger partial charge in [-0.1, -0.05) is 18.2 Å². The summed E-state index contributed by atoms with van der Waals surface area (Å²) in [5.74, 6) is 0.239. The normalized spacial score (nSPS) is 18.3. The van der Waals surface area contributed by atoms with Crippen LogP contribution < -0.4 is 11.1 Å². The molecule has 4 rings (SSSR count). The summed E-state index contributed by atoms with van der Waals surface area (Å²) >= 11 is 0. The summed E-state index contributed by atoms with van der Waals surface area (Å²) in [6.07, 6.45) is 5.62. The van der Waals surface area contributed by atoms with Crippen molar-refractivity contribution in [3.05, 3.63) is 65.0 Å². The smallest absolute Gasteiger partial charge is 0.193 e. The topological polar surface area (TPSA) is 50.4 Å². The van der Waals surface area contributed by atoms with Gasteiger partial charge in [0.25, 0.3) is 0 Å². The van der Waals surface area contributed by atoms with E-state index in [0.717, 1.165) is 30.5 Å². The Hall–Kier alpha value is -2.36. The predicted molar refractivity (Wildman–Crippen MR) is 95.9 cm³/mol. The van der Waals surface area contributed by atoms with Crippen LogP contribution in [0.15, 0.2) is 47.5 Å². The van der Waals surface area contributed by atoms with Gasteiger partial charge in [-0.15, -0.1) is 0 Å². The highest BCUT2D eigenvalue weighted by atomic mass is 19.1. The zero-order valence-corrected chi connectivity index (χ0v) is 13.7. The van der Waals surface area contributed by atoms with Crippen LogP contribution in [0.1, 0.15) is 36.0 Å². The molecule has 0 radical (unpaired) electrons. The van der Waals surface area contributed by atoms with Gasteiger partial charge < -0.3 is 11.1 Å². The molecule has 2 aromatic carbocycles. The first kappa shape index (κ1) is 15.2. The van der Waals surface area contributed by atoms with Crippen LogP contribution in [0.25, 0.3) is 0 Å². The molecule has 2 aliphatic rings. The molecule has 0 atom stereocenters. The molecule has 0 bridgehead atoms. The second kappa shape index (κ2) is 5.93. The van der Waals surface area contributed by atoms with Gasteiger partial charge in [0, 0.05) is 11.1 Å². The number of rotatable bonds is 4. The van der Waals surface area contributed by atoms with Gasteiger partial charge in [-0.25, -0.2) is 4.39 Å². The molecule has 124 valence electrons. The summed E-state index contributed by atoms with van der Waals surface area (Å²) in [4.78, 5) is 4.51. The third-order valence-electron chi connectivity index (χ3n) is 5.21. The molecule has 0 saturated heterocycles. The molecule has 3 N–H and O–H groups in total. The number of guanidine groups is 1. The number of nitrogens with one attached hydrogen (secondary N) is 1. The van der Waals surface area contributed by atoms with Crippen LogP contribution in [0.4, 0.5) is 10.1 Å². The first-order valence-electron chi connectivity index (χ1n) is 8.59. The van der Waals surface area contributed by atoms with E-state index in [4.69, 9.17) is 5.73 Å². The molecule has 4 heteroatoms. The van der Waals surface area contributed by atoms with Gasteiger partial charge in [-0.2, -0.15) is 0 Å². The highest BCUT2D eigenvalue weighted by molar-refractivity contribution is 5.92. The van der Waals surface area contributed by atoms with Crippen molar-refractivity contribution in [1.82, 2.24) is 0 Å². The van der Waals surface area contributed by atoms with Crippen molar-refractivity contribution >= 4 is 11.6 Å². The Morgan fingerprint density at radius 2 is 1.96 bits per heavy atom. The van der Waals surface area contributed by atoms with Crippen molar-refractivity contribution in [3.63, 3.8) is 0 Å². The standard InChI is InChI=1S/C20H22FN3/c21-17-6-2-5-16(12-17)20(9-10-20)13-23-19(22)24-18-8-7-14-3-1-4-15(14)11-18/h2,5-8,11-12H,1,3-4,9-10,13H2,(H3,22,23,24). The van der Waals surface area contributed by atoms with Gasteiger partial charge in [-0.3, -0.25) is 4.99 Å². The minimum absolute atomic E-state index is 0.0354. The Balaban J connectivity index is 1.44. The third-order valence-corrected chi connectivity index (χ3v) is 5.21. The van der Waals surface area contributed by atoms with E-state index >= 15 is 0 Å². The maximum atomic E-state index is 13.4. The third kappa shape index (κ3) is 3.01. The largest absolute Gasteiger partial charge is 0.370 e. The van der Waals surface area contributed by atoms with Crippen LogP contribution in [0.3, 0.4) is 0 Å². The van der Waals surface area contributed by atoms with E-state index in [0.29, 0.717) is 12.5 Å². The van der Waals surface area contributed by atoms with Crippen molar-refractivity contribution < 1.29 is 4.39 Å². The van der Waals surface area contributed by atoms with Gasteiger partial charge in [0.1, 0.15) is 5.82 Å². The Morgan fingerprint density at radius 1 is 1.12 bits per heavy atom. The zero-order chi connectivity index (χ0) is 16.6. The van der Waals surface area contributed by atoms with Crippen LogP contribution in [-0.4, -0.2) is 12.5 Å². The molecule has 0 unspecified atom stereocenters. The lowest BCUT2D eigenvalue weighted by Gasteiger charge is -2.14. The SMILES string of the molecule is NC(=NCC1(c2cccc(F)c2)CC1)Nc1ccc2c(c1)CCC2. The van der Waals surface area contributed by atoms with E-state index in [1.165, 1.54) is 30.0 Å². The molecular formula is C20H22FN3. The Kier molecular flexibility index (Phi) is 3.75. The average molecular weight is 323 g/mol. The van der Waals surface area contributed by atoms with E-state index in [9.17, 15) is 4.39 Å². The lowest BCUT2D eigenvalue weighted by Crippen LogP contribution is -2.25. The van der Waals surface area contributed by atoms with Crippen molar-refractivity contribution in [2.45, 2.75) is 37.5 Å². The van der Waals surface area contributed by atoms with Crippen LogP contribution >= 0.6 is 0 Å². The molecule has 24 heavy (non-hydrogen) atoms. The number of halogens is 1. The number of hydrogen-bond donors (Lipinski definition) is 2. The van der Waals surface area contributed by atoms with E-state index in [-0.39, 0.29) is 11.2 Å².